The molecule has 0 aliphatic carbocycles. The Morgan fingerprint density at radius 3 is 2.76 bits per heavy atom. The first-order valence-corrected chi connectivity index (χ1v) is 7.16. The highest BCUT2D eigenvalue weighted by Gasteiger charge is 2.20. The number of anilines is 1. The zero-order valence-corrected chi connectivity index (χ0v) is 11.4. The minimum atomic E-state index is 0.505. The van der Waals surface area contributed by atoms with Gasteiger partial charge in [0.2, 0.25) is 0 Å². The maximum atomic E-state index is 8.81. The highest BCUT2D eigenvalue weighted by atomic mass is 32.1. The zero-order valence-electron chi connectivity index (χ0n) is 10.6. The average Bonchev–Trinajstić information content (AvgIpc) is 2.74. The van der Waals surface area contributed by atoms with Crippen LogP contribution < -0.4 is 4.90 Å². The van der Waals surface area contributed by atoms with Gasteiger partial charge in [0.1, 0.15) is 0 Å². The van der Waals surface area contributed by atoms with Crippen molar-refractivity contribution in [1.29, 1.82) is 5.26 Å². The molecule has 2 rings (SSSR count). The second kappa shape index (κ2) is 5.50. The quantitative estimate of drug-likeness (QED) is 0.826. The van der Waals surface area contributed by atoms with Gasteiger partial charge >= 0.3 is 0 Å². The van der Waals surface area contributed by atoms with E-state index in [1.54, 1.807) is 11.3 Å². The van der Waals surface area contributed by atoms with E-state index in [0.717, 1.165) is 41.1 Å². The number of hydrogen-bond acceptors (Lipinski definition) is 4. The summed E-state index contributed by atoms with van der Waals surface area (Å²) in [7, 11) is 0. The predicted octanol–water partition coefficient (Wildman–Crippen LogP) is 3.01. The maximum absolute atomic E-state index is 8.81. The molecule has 1 fully saturated rings. The lowest BCUT2D eigenvalue weighted by molar-refractivity contribution is 0.438. The van der Waals surface area contributed by atoms with E-state index in [1.165, 1.54) is 12.8 Å². The van der Waals surface area contributed by atoms with Gasteiger partial charge in [0.15, 0.2) is 5.13 Å². The molecule has 3 nitrogen and oxygen atoms in total. The minimum absolute atomic E-state index is 0.505. The van der Waals surface area contributed by atoms with Crippen LogP contribution in [0.3, 0.4) is 0 Å². The Bertz CT molecular complexity index is 411. The summed E-state index contributed by atoms with van der Waals surface area (Å²) < 4.78 is 0. The lowest BCUT2D eigenvalue weighted by Crippen LogP contribution is -2.32. The molecule has 92 valence electrons. The van der Waals surface area contributed by atoms with E-state index in [9.17, 15) is 0 Å². The molecule has 0 amide bonds. The van der Waals surface area contributed by atoms with Crippen molar-refractivity contribution >= 4 is 16.5 Å². The first kappa shape index (κ1) is 12.4. The van der Waals surface area contributed by atoms with Gasteiger partial charge in [0, 0.05) is 18.0 Å². The summed E-state index contributed by atoms with van der Waals surface area (Å²) in [5.41, 5.74) is 1.12. The van der Waals surface area contributed by atoms with Crippen molar-refractivity contribution < 1.29 is 0 Å². The van der Waals surface area contributed by atoms with Gasteiger partial charge in [-0.1, -0.05) is 13.8 Å². The SMILES string of the molecule is CCc1nc(N2CCC(C)CC2)sc1CC#N. The van der Waals surface area contributed by atoms with E-state index in [-0.39, 0.29) is 0 Å². The van der Waals surface area contributed by atoms with Crippen LogP contribution in [0.2, 0.25) is 0 Å². The first-order chi connectivity index (χ1) is 8.24. The fourth-order valence-corrected chi connectivity index (χ4v) is 3.32. The fourth-order valence-electron chi connectivity index (χ4n) is 2.19. The van der Waals surface area contributed by atoms with E-state index < -0.39 is 0 Å². The van der Waals surface area contributed by atoms with E-state index >= 15 is 0 Å². The molecular formula is C13H19N3S. The van der Waals surface area contributed by atoms with E-state index in [2.05, 4.69) is 29.8 Å². The van der Waals surface area contributed by atoms with Crippen LogP contribution in [0.4, 0.5) is 5.13 Å². The molecule has 0 spiro atoms. The summed E-state index contributed by atoms with van der Waals surface area (Å²) in [4.78, 5) is 8.23. The molecule has 4 heteroatoms. The van der Waals surface area contributed by atoms with Gasteiger partial charge in [-0.2, -0.15) is 5.26 Å². The van der Waals surface area contributed by atoms with Gasteiger partial charge < -0.3 is 4.90 Å². The van der Waals surface area contributed by atoms with Gasteiger partial charge in [-0.05, 0) is 25.2 Å². The third kappa shape index (κ3) is 2.78. The maximum Gasteiger partial charge on any atom is 0.185 e. The molecule has 1 aromatic rings. The van der Waals surface area contributed by atoms with Crippen LogP contribution in [0.1, 0.15) is 37.3 Å². The van der Waals surface area contributed by atoms with E-state index in [0.29, 0.717) is 6.42 Å². The van der Waals surface area contributed by atoms with E-state index in [4.69, 9.17) is 5.26 Å². The number of aromatic nitrogens is 1. The smallest absolute Gasteiger partial charge is 0.185 e. The Labute approximate surface area is 107 Å². The van der Waals surface area contributed by atoms with Crippen LogP contribution in [0.15, 0.2) is 0 Å². The molecule has 0 bridgehead atoms. The van der Waals surface area contributed by atoms with Crippen molar-refractivity contribution in [1.82, 2.24) is 4.98 Å². The Morgan fingerprint density at radius 1 is 1.47 bits per heavy atom. The predicted molar refractivity (Wildman–Crippen MR) is 71.4 cm³/mol. The number of hydrogen-bond donors (Lipinski definition) is 0. The number of aryl methyl sites for hydroxylation is 1. The fraction of sp³-hybridized carbons (Fsp3) is 0.692. The van der Waals surface area contributed by atoms with Crippen molar-refractivity contribution in [3.63, 3.8) is 0 Å². The molecule has 1 saturated heterocycles. The highest BCUT2D eigenvalue weighted by molar-refractivity contribution is 7.15. The molecule has 0 unspecified atom stereocenters. The summed E-state index contributed by atoms with van der Waals surface area (Å²) in [5.74, 6) is 0.843. The van der Waals surface area contributed by atoms with Crippen LogP contribution >= 0.6 is 11.3 Å². The molecule has 1 aliphatic heterocycles. The molecule has 1 aromatic heterocycles. The Kier molecular flexibility index (Phi) is 4.01. The standard InChI is InChI=1S/C13H19N3S/c1-3-11-12(4-7-14)17-13(15-11)16-8-5-10(2)6-9-16/h10H,3-6,8-9H2,1-2H3. The second-order valence-corrected chi connectivity index (χ2v) is 5.79. The average molecular weight is 249 g/mol. The number of nitriles is 1. The van der Waals surface area contributed by atoms with Crippen LogP contribution in [0.5, 0.6) is 0 Å². The summed E-state index contributed by atoms with van der Waals surface area (Å²) in [6.07, 6.45) is 3.95. The molecule has 0 atom stereocenters. The monoisotopic (exact) mass is 249 g/mol. The normalized spacial score (nSPS) is 17.1. The zero-order chi connectivity index (χ0) is 12.3. The van der Waals surface area contributed by atoms with Gasteiger partial charge in [-0.15, -0.1) is 11.3 Å². The lowest BCUT2D eigenvalue weighted by atomic mass is 10.00. The Morgan fingerprint density at radius 2 is 2.18 bits per heavy atom. The second-order valence-electron chi connectivity index (χ2n) is 4.72. The third-order valence-electron chi connectivity index (χ3n) is 3.40. The van der Waals surface area contributed by atoms with Gasteiger partial charge in [0.05, 0.1) is 18.2 Å². The third-order valence-corrected chi connectivity index (χ3v) is 4.55. The number of nitrogens with zero attached hydrogens (tertiary/aromatic N) is 3. The molecule has 0 N–H and O–H groups in total. The largest absolute Gasteiger partial charge is 0.348 e. The first-order valence-electron chi connectivity index (χ1n) is 6.35. The topological polar surface area (TPSA) is 39.9 Å². The van der Waals surface area contributed by atoms with Crippen LogP contribution in [0.25, 0.3) is 0 Å². The van der Waals surface area contributed by atoms with Crippen molar-refractivity contribution in [3.8, 4) is 6.07 Å². The van der Waals surface area contributed by atoms with Crippen LogP contribution in [-0.4, -0.2) is 18.1 Å². The molecule has 0 radical (unpaired) electrons. The molecule has 1 aliphatic rings. The highest BCUT2D eigenvalue weighted by Crippen LogP contribution is 2.30. The van der Waals surface area contributed by atoms with Crippen molar-refractivity contribution in [2.45, 2.75) is 39.5 Å². The summed E-state index contributed by atoms with van der Waals surface area (Å²) in [6, 6.07) is 2.23. The van der Waals surface area contributed by atoms with Crippen molar-refractivity contribution in [2.75, 3.05) is 18.0 Å². The number of piperidine rings is 1. The van der Waals surface area contributed by atoms with Gasteiger partial charge in [-0.3, -0.25) is 0 Å². The molecule has 2 heterocycles. The summed E-state index contributed by atoms with van der Waals surface area (Å²) in [6.45, 7) is 6.66. The summed E-state index contributed by atoms with van der Waals surface area (Å²) in [5, 5.41) is 9.93. The van der Waals surface area contributed by atoms with Gasteiger partial charge in [-0.25, -0.2) is 4.98 Å². The lowest BCUT2D eigenvalue weighted by Gasteiger charge is -2.29. The van der Waals surface area contributed by atoms with Crippen molar-refractivity contribution in [2.24, 2.45) is 5.92 Å². The molecule has 0 saturated carbocycles. The van der Waals surface area contributed by atoms with Gasteiger partial charge in [0.25, 0.3) is 0 Å². The van der Waals surface area contributed by atoms with Crippen molar-refractivity contribution in [3.05, 3.63) is 10.6 Å². The van der Waals surface area contributed by atoms with Crippen LogP contribution in [0, 0.1) is 17.2 Å². The molecule has 17 heavy (non-hydrogen) atoms. The Hall–Kier alpha value is -1.08. The van der Waals surface area contributed by atoms with Crippen LogP contribution in [-0.2, 0) is 12.8 Å². The molecule has 0 aromatic carbocycles. The Balaban J connectivity index is 2.13. The number of rotatable bonds is 3. The van der Waals surface area contributed by atoms with E-state index in [1.807, 2.05) is 0 Å². The number of thiazole rings is 1. The minimum Gasteiger partial charge on any atom is -0.348 e. The molecular weight excluding hydrogens is 230 g/mol. The summed E-state index contributed by atoms with van der Waals surface area (Å²) >= 11 is 1.71.